The third kappa shape index (κ3) is 4.69. The lowest BCUT2D eigenvalue weighted by molar-refractivity contribution is -0.146. The molecule has 4 aliphatic rings. The van der Waals surface area contributed by atoms with Crippen molar-refractivity contribution in [2.24, 2.45) is 23.2 Å². The van der Waals surface area contributed by atoms with Gasteiger partial charge in [-0.25, -0.2) is 0 Å². The summed E-state index contributed by atoms with van der Waals surface area (Å²) in [5.74, 6) is -0.580. The zero-order chi connectivity index (χ0) is 23.0. The monoisotopic (exact) mass is 465 g/mol. The first kappa shape index (κ1) is 23.5. The van der Waals surface area contributed by atoms with Crippen LogP contribution in [0.25, 0.3) is 0 Å². The Morgan fingerprint density at radius 2 is 1.94 bits per heavy atom. The Balaban J connectivity index is 1.40. The number of thiol groups is 1. The molecule has 2 saturated carbocycles. The molecule has 0 bridgehead atoms. The number of ether oxygens (including phenoxy) is 1. The fourth-order valence-electron chi connectivity index (χ4n) is 5.98. The third-order valence-corrected chi connectivity index (χ3v) is 8.40. The van der Waals surface area contributed by atoms with Crippen LogP contribution < -0.4 is 10.6 Å². The highest BCUT2D eigenvalue weighted by atomic mass is 32.1. The van der Waals surface area contributed by atoms with Crippen LogP contribution in [-0.4, -0.2) is 65.6 Å². The molecule has 8 nitrogen and oxygen atoms in total. The number of nitrogens with one attached hydrogen (secondary N) is 2. The maximum Gasteiger partial charge on any atom is 0.249 e. The first-order valence-corrected chi connectivity index (χ1v) is 12.4. The summed E-state index contributed by atoms with van der Waals surface area (Å²) in [6, 6.07) is -1.47. The van der Waals surface area contributed by atoms with Crippen LogP contribution in [0.4, 0.5) is 0 Å². The lowest BCUT2D eigenvalue weighted by Gasteiger charge is -2.32. The van der Waals surface area contributed by atoms with Crippen LogP contribution in [0, 0.1) is 23.2 Å². The van der Waals surface area contributed by atoms with E-state index in [0.29, 0.717) is 19.5 Å². The van der Waals surface area contributed by atoms with Gasteiger partial charge < -0.3 is 20.3 Å². The summed E-state index contributed by atoms with van der Waals surface area (Å²) in [4.78, 5) is 52.0. The number of hydrogen-bond acceptors (Lipinski definition) is 5. The van der Waals surface area contributed by atoms with E-state index in [4.69, 9.17) is 4.74 Å². The van der Waals surface area contributed by atoms with Crippen LogP contribution in [0.2, 0.25) is 0 Å². The van der Waals surface area contributed by atoms with Gasteiger partial charge in [-0.15, -0.1) is 12.6 Å². The van der Waals surface area contributed by atoms with E-state index in [1.54, 1.807) is 4.90 Å². The standard InChI is InChI=1S/C23H35N3O5S/c1-23(2)15-11-26(17(27)12-31-14-6-4-3-5-7-14)19(18(15)23)21(29)25-16(22(30)32)10-13-8-9-24-20(13)28/h13-16,18-19H,3-12H2,1-2H3,(H,24,28)(H,25,29)(H,30,32)/t13-,15-,16-,18-,19-/m0/s1. The first-order valence-electron chi connectivity index (χ1n) is 11.9. The molecular weight excluding hydrogens is 430 g/mol. The van der Waals surface area contributed by atoms with Crippen molar-refractivity contribution in [2.45, 2.75) is 77.0 Å². The van der Waals surface area contributed by atoms with Gasteiger partial charge in [0.15, 0.2) is 0 Å². The maximum atomic E-state index is 13.3. The molecule has 0 aromatic heterocycles. The molecule has 0 radical (unpaired) electrons. The Kier molecular flexibility index (Phi) is 6.86. The second-order valence-electron chi connectivity index (χ2n) is 10.4. The quantitative estimate of drug-likeness (QED) is 0.469. The van der Waals surface area contributed by atoms with Gasteiger partial charge in [-0.1, -0.05) is 33.1 Å². The van der Waals surface area contributed by atoms with Gasteiger partial charge in [-0.3, -0.25) is 19.2 Å². The Morgan fingerprint density at radius 1 is 1.22 bits per heavy atom. The average molecular weight is 466 g/mol. The predicted octanol–water partition coefficient (Wildman–Crippen LogP) is 1.29. The highest BCUT2D eigenvalue weighted by Gasteiger charge is 2.69. The molecule has 5 atom stereocenters. The van der Waals surface area contributed by atoms with Crippen LogP contribution in [0.15, 0.2) is 0 Å². The van der Waals surface area contributed by atoms with Gasteiger partial charge in [-0.2, -0.15) is 0 Å². The van der Waals surface area contributed by atoms with Gasteiger partial charge in [0, 0.05) is 19.0 Å². The SMILES string of the molecule is CC1(C)[C@@H]2[C@@H](C(=O)N[C@@H](C[C@@H]3CCNC3=O)C(=O)S)N(C(=O)COC3CCCCC3)C[C@@H]21. The summed E-state index contributed by atoms with van der Waals surface area (Å²) in [7, 11) is 0. The fraction of sp³-hybridized carbons (Fsp3) is 0.826. The minimum atomic E-state index is -0.851. The molecule has 2 heterocycles. The molecule has 178 valence electrons. The summed E-state index contributed by atoms with van der Waals surface area (Å²) in [6.45, 7) is 5.34. The summed E-state index contributed by atoms with van der Waals surface area (Å²) < 4.78 is 5.87. The van der Waals surface area contributed by atoms with Crippen molar-refractivity contribution >= 4 is 35.5 Å². The Hall–Kier alpha value is -1.61. The van der Waals surface area contributed by atoms with Crippen molar-refractivity contribution in [3.8, 4) is 0 Å². The van der Waals surface area contributed by atoms with E-state index in [1.807, 2.05) is 0 Å². The molecule has 2 aliphatic heterocycles. The van der Waals surface area contributed by atoms with Gasteiger partial charge >= 0.3 is 0 Å². The van der Waals surface area contributed by atoms with E-state index in [0.717, 1.165) is 25.7 Å². The largest absolute Gasteiger partial charge is 0.368 e. The lowest BCUT2D eigenvalue weighted by Crippen LogP contribution is -2.54. The molecule has 9 heteroatoms. The lowest BCUT2D eigenvalue weighted by atomic mass is 9.97. The van der Waals surface area contributed by atoms with Gasteiger partial charge in [0.25, 0.3) is 0 Å². The van der Waals surface area contributed by atoms with E-state index in [-0.39, 0.29) is 60.0 Å². The number of piperidine rings is 1. The van der Waals surface area contributed by atoms with E-state index >= 15 is 0 Å². The molecule has 0 spiro atoms. The topological polar surface area (TPSA) is 105 Å². The molecule has 2 N–H and O–H groups in total. The number of fused-ring (bicyclic) bond motifs is 1. The van der Waals surface area contributed by atoms with Crippen LogP contribution in [0.3, 0.4) is 0 Å². The molecule has 3 amide bonds. The molecular formula is C23H35N3O5S. The zero-order valence-corrected chi connectivity index (χ0v) is 19.9. The summed E-state index contributed by atoms with van der Waals surface area (Å²) >= 11 is 3.95. The van der Waals surface area contributed by atoms with Crippen molar-refractivity contribution < 1.29 is 23.9 Å². The predicted molar refractivity (Wildman–Crippen MR) is 121 cm³/mol. The Morgan fingerprint density at radius 3 is 2.56 bits per heavy atom. The number of carbonyl (C=O) groups is 4. The smallest absolute Gasteiger partial charge is 0.249 e. The number of nitrogens with zero attached hydrogens (tertiary/aromatic N) is 1. The molecule has 32 heavy (non-hydrogen) atoms. The highest BCUT2D eigenvalue weighted by molar-refractivity contribution is 7.96. The maximum absolute atomic E-state index is 13.3. The minimum absolute atomic E-state index is 0.00844. The average Bonchev–Trinajstić information content (AvgIpc) is 3.13. The number of hydrogen-bond donors (Lipinski definition) is 3. The molecule has 0 aromatic carbocycles. The second kappa shape index (κ2) is 9.33. The zero-order valence-electron chi connectivity index (χ0n) is 19.0. The van der Waals surface area contributed by atoms with E-state index in [9.17, 15) is 19.2 Å². The molecule has 4 rings (SSSR count). The normalized spacial score (nSPS) is 32.2. The van der Waals surface area contributed by atoms with E-state index in [2.05, 4.69) is 37.1 Å². The summed E-state index contributed by atoms with van der Waals surface area (Å²) in [6.07, 6.45) is 6.42. The molecule has 4 fully saturated rings. The van der Waals surface area contributed by atoms with E-state index in [1.165, 1.54) is 6.42 Å². The summed E-state index contributed by atoms with van der Waals surface area (Å²) in [5.41, 5.74) is -0.0190. The first-order chi connectivity index (χ1) is 15.2. The van der Waals surface area contributed by atoms with Crippen LogP contribution in [0.1, 0.15) is 58.8 Å². The summed E-state index contributed by atoms with van der Waals surface area (Å²) in [5, 5.41) is 5.10. The molecule has 0 unspecified atom stereocenters. The minimum Gasteiger partial charge on any atom is -0.368 e. The van der Waals surface area contributed by atoms with E-state index < -0.39 is 17.2 Å². The highest BCUT2D eigenvalue weighted by Crippen LogP contribution is 2.64. The van der Waals surface area contributed by atoms with Gasteiger partial charge in [0.2, 0.25) is 22.8 Å². The molecule has 0 aromatic rings. The second-order valence-corrected chi connectivity index (χ2v) is 10.9. The van der Waals surface area contributed by atoms with Crippen LogP contribution in [0.5, 0.6) is 0 Å². The number of amides is 3. The van der Waals surface area contributed by atoms with Crippen molar-refractivity contribution in [1.29, 1.82) is 0 Å². The van der Waals surface area contributed by atoms with Crippen molar-refractivity contribution in [2.75, 3.05) is 19.7 Å². The molecule has 2 aliphatic carbocycles. The van der Waals surface area contributed by atoms with Crippen molar-refractivity contribution in [3.63, 3.8) is 0 Å². The van der Waals surface area contributed by atoms with Crippen LogP contribution >= 0.6 is 12.6 Å². The molecule has 2 saturated heterocycles. The Bertz CT molecular complexity index is 782. The number of likely N-dealkylation sites (tertiary alicyclic amines) is 1. The fourth-order valence-corrected chi connectivity index (χ4v) is 6.15. The third-order valence-electron chi connectivity index (χ3n) is 8.09. The Labute approximate surface area is 195 Å². The number of rotatable bonds is 8. The van der Waals surface area contributed by atoms with Gasteiger partial charge in [0.05, 0.1) is 12.1 Å². The number of carbonyl (C=O) groups excluding carboxylic acids is 4. The van der Waals surface area contributed by atoms with Crippen molar-refractivity contribution in [3.05, 3.63) is 0 Å². The van der Waals surface area contributed by atoms with Gasteiger partial charge in [0.1, 0.15) is 12.6 Å². The van der Waals surface area contributed by atoms with Crippen LogP contribution in [-0.2, 0) is 23.9 Å². The van der Waals surface area contributed by atoms with Crippen molar-refractivity contribution in [1.82, 2.24) is 15.5 Å². The van der Waals surface area contributed by atoms with Gasteiger partial charge in [-0.05, 0) is 42.9 Å².